The van der Waals surface area contributed by atoms with Crippen molar-refractivity contribution in [3.63, 3.8) is 0 Å². The van der Waals surface area contributed by atoms with E-state index in [0.717, 1.165) is 51.2 Å². The third kappa shape index (κ3) is 7.94. The molecule has 0 unspecified atom stereocenters. The van der Waals surface area contributed by atoms with Crippen molar-refractivity contribution in [2.24, 2.45) is 0 Å². The van der Waals surface area contributed by atoms with Crippen molar-refractivity contribution in [2.75, 3.05) is 14.7 Å². The molecule has 2 aliphatic heterocycles. The van der Waals surface area contributed by atoms with Crippen LogP contribution in [0.15, 0.2) is 200 Å². The number of hydrogen-bond donors (Lipinski definition) is 0. The summed E-state index contributed by atoms with van der Waals surface area (Å²) in [7, 11) is 0. The van der Waals surface area contributed by atoms with Crippen LogP contribution in [0.3, 0.4) is 0 Å². The largest absolute Gasteiger partial charge is 0.310 e. The quantitative estimate of drug-likeness (QED) is 0.143. The number of rotatable bonds is 9. The molecular formula is C72H72N4. The van der Waals surface area contributed by atoms with Crippen LogP contribution in [0.1, 0.15) is 129 Å². The lowest BCUT2D eigenvalue weighted by molar-refractivity contribution is 0.590. The molecule has 0 atom stereocenters. The van der Waals surface area contributed by atoms with Crippen LogP contribution < -0.4 is 14.7 Å². The van der Waals surface area contributed by atoms with Crippen LogP contribution >= 0.6 is 0 Å². The van der Waals surface area contributed by atoms with Gasteiger partial charge in [0.05, 0.1) is 16.7 Å². The molecular weight excluding hydrogens is 921 g/mol. The summed E-state index contributed by atoms with van der Waals surface area (Å²) in [5, 5.41) is 2.51. The molecule has 0 bridgehead atoms. The highest BCUT2D eigenvalue weighted by atomic mass is 15.2. The lowest BCUT2D eigenvalue weighted by Crippen LogP contribution is -2.34. The fourth-order valence-electron chi connectivity index (χ4n) is 12.3. The molecule has 4 nitrogen and oxygen atoms in total. The minimum Gasteiger partial charge on any atom is -0.310 e. The van der Waals surface area contributed by atoms with Gasteiger partial charge in [-0.2, -0.15) is 0 Å². The first kappa shape index (κ1) is 49.1. The van der Waals surface area contributed by atoms with Crippen molar-refractivity contribution in [1.82, 2.24) is 4.57 Å². The summed E-state index contributed by atoms with van der Waals surface area (Å²) in [6.45, 7) is 30.5. The molecule has 1 aromatic heterocycles. The van der Waals surface area contributed by atoms with Crippen molar-refractivity contribution in [1.29, 1.82) is 0 Å². The van der Waals surface area contributed by atoms with E-state index in [1.807, 2.05) is 0 Å². The standard InChI is InChI=1S/C72H72N4/c1-68(2,3)47-29-35-53(36-30-47)73(50-23-17-14-18-24-50)56-41-59-60-42-57(74(51-25-19-15-20-26-51)54-37-31-48(32-38-54)69(4,5)6)44-62-66(60)76-65(59)61(43-56)71(10,11)63-45-58(46-64(67(63)76)72(62,12)13)75(52-27-21-16-22-28-52)55-39-33-49(34-40-55)70(7,8)9/h14-46H,1-13H3. The average Bonchev–Trinajstić information content (AvgIpc) is 3.79. The minimum atomic E-state index is -0.420. The molecule has 0 spiro atoms. The third-order valence-corrected chi connectivity index (χ3v) is 16.7. The first-order valence-corrected chi connectivity index (χ1v) is 27.3. The molecule has 2 aliphatic rings. The summed E-state index contributed by atoms with van der Waals surface area (Å²) < 4.78 is 2.68. The van der Waals surface area contributed by atoms with Gasteiger partial charge in [0.15, 0.2) is 0 Å². The molecule has 380 valence electrons. The van der Waals surface area contributed by atoms with E-state index in [2.05, 4.69) is 309 Å². The summed E-state index contributed by atoms with van der Waals surface area (Å²) in [5.41, 5.74) is 22.5. The SMILES string of the molecule is CC(C)(C)c1ccc(N(c2ccccc2)c2cc3c4c(c2)C(C)(C)c2cc(N(c5ccccc5)c5ccc(C(C)(C)C)cc5)cc5c6cc(N(c7ccccc7)c7ccc(C(C)(C)C)cc7)cc(c6n-4c25)C3(C)C)cc1. The topological polar surface area (TPSA) is 14.7 Å². The monoisotopic (exact) mass is 993 g/mol. The van der Waals surface area contributed by atoms with Crippen molar-refractivity contribution >= 4 is 73.0 Å². The molecule has 12 rings (SSSR count). The van der Waals surface area contributed by atoms with Crippen LogP contribution in [0, 0.1) is 0 Å². The summed E-state index contributed by atoms with van der Waals surface area (Å²) in [5.74, 6) is 0. The van der Waals surface area contributed by atoms with Crippen molar-refractivity contribution in [3.05, 3.63) is 239 Å². The predicted octanol–water partition coefficient (Wildman–Crippen LogP) is 20.4. The summed E-state index contributed by atoms with van der Waals surface area (Å²) >= 11 is 0. The second-order valence-electron chi connectivity index (χ2n) is 25.7. The van der Waals surface area contributed by atoms with Crippen LogP contribution in [0.5, 0.6) is 0 Å². The van der Waals surface area contributed by atoms with Crippen molar-refractivity contribution < 1.29 is 0 Å². The van der Waals surface area contributed by atoms with Gasteiger partial charge in [0.2, 0.25) is 0 Å². The van der Waals surface area contributed by atoms with E-state index in [4.69, 9.17) is 0 Å². The highest BCUT2D eigenvalue weighted by Crippen LogP contribution is 2.59. The molecule has 0 radical (unpaired) electrons. The van der Waals surface area contributed by atoms with Gasteiger partial charge >= 0.3 is 0 Å². The van der Waals surface area contributed by atoms with E-state index in [9.17, 15) is 0 Å². The molecule has 0 fully saturated rings. The Kier molecular flexibility index (Phi) is 11.2. The molecule has 0 saturated heterocycles. The average molecular weight is 993 g/mol. The molecule has 76 heavy (non-hydrogen) atoms. The van der Waals surface area contributed by atoms with Crippen LogP contribution in [-0.4, -0.2) is 4.57 Å². The van der Waals surface area contributed by atoms with Gasteiger partial charge in [-0.1, -0.05) is 181 Å². The number of hydrogen-bond acceptors (Lipinski definition) is 3. The number of fused-ring (bicyclic) bond motifs is 1. The van der Waals surface area contributed by atoms with Crippen LogP contribution in [-0.2, 0) is 27.1 Å². The van der Waals surface area contributed by atoms with Gasteiger partial charge in [0, 0.05) is 72.8 Å². The van der Waals surface area contributed by atoms with Gasteiger partial charge in [-0.05, 0) is 164 Å². The summed E-state index contributed by atoms with van der Waals surface area (Å²) in [4.78, 5) is 7.42. The first-order valence-electron chi connectivity index (χ1n) is 27.3. The molecule has 3 heterocycles. The lowest BCUT2D eigenvalue weighted by atomic mass is 9.68. The first-order chi connectivity index (χ1) is 36.1. The maximum Gasteiger partial charge on any atom is 0.0583 e. The van der Waals surface area contributed by atoms with Gasteiger partial charge in [0.25, 0.3) is 0 Å². The van der Waals surface area contributed by atoms with E-state index >= 15 is 0 Å². The van der Waals surface area contributed by atoms with E-state index in [1.54, 1.807) is 0 Å². The Morgan fingerprint density at radius 1 is 0.289 bits per heavy atom. The maximum atomic E-state index is 2.68. The predicted molar refractivity (Wildman–Crippen MR) is 325 cm³/mol. The van der Waals surface area contributed by atoms with E-state index in [-0.39, 0.29) is 16.2 Å². The highest BCUT2D eigenvalue weighted by Gasteiger charge is 2.45. The second kappa shape index (κ2) is 17.4. The van der Waals surface area contributed by atoms with Gasteiger partial charge in [-0.15, -0.1) is 0 Å². The second-order valence-corrected chi connectivity index (χ2v) is 25.7. The zero-order chi connectivity index (χ0) is 53.3. The molecule has 0 aliphatic carbocycles. The van der Waals surface area contributed by atoms with Gasteiger partial charge in [0.1, 0.15) is 0 Å². The van der Waals surface area contributed by atoms with Crippen LogP contribution in [0.2, 0.25) is 0 Å². The molecule has 4 heteroatoms. The number of para-hydroxylation sites is 3. The number of anilines is 9. The summed E-state index contributed by atoms with van der Waals surface area (Å²) in [6, 6.07) is 75.6. The van der Waals surface area contributed by atoms with Crippen LogP contribution in [0.25, 0.3) is 27.5 Å². The van der Waals surface area contributed by atoms with Gasteiger partial charge in [-0.3, -0.25) is 0 Å². The van der Waals surface area contributed by atoms with Crippen LogP contribution in [0.4, 0.5) is 51.2 Å². The Hall–Kier alpha value is -7.82. The Bertz CT molecular complexity index is 3620. The number of nitrogens with zero attached hydrogens (tertiary/aromatic N) is 4. The Morgan fingerprint density at radius 3 is 0.816 bits per heavy atom. The van der Waals surface area contributed by atoms with Gasteiger partial charge < -0.3 is 19.3 Å². The Balaban J connectivity index is 1.19. The molecule has 9 aromatic carbocycles. The van der Waals surface area contributed by atoms with E-state index < -0.39 is 10.8 Å². The fourth-order valence-corrected chi connectivity index (χ4v) is 12.3. The maximum absolute atomic E-state index is 2.68. The molecule has 10 aromatic rings. The zero-order valence-corrected chi connectivity index (χ0v) is 46.8. The molecule has 0 N–H and O–H groups in total. The Morgan fingerprint density at radius 2 is 0.539 bits per heavy atom. The highest BCUT2D eigenvalue weighted by molar-refractivity contribution is 6.16. The zero-order valence-electron chi connectivity index (χ0n) is 46.8. The Labute approximate surface area is 451 Å². The van der Waals surface area contributed by atoms with E-state index in [1.165, 1.54) is 66.4 Å². The minimum absolute atomic E-state index is 0.0276. The van der Waals surface area contributed by atoms with E-state index in [0.29, 0.717) is 0 Å². The molecule has 0 saturated carbocycles. The normalized spacial score (nSPS) is 14.3. The van der Waals surface area contributed by atoms with Crippen molar-refractivity contribution in [2.45, 2.75) is 117 Å². The fraction of sp³-hybridized carbons (Fsp3) is 0.250. The lowest BCUT2D eigenvalue weighted by Gasteiger charge is -2.43. The van der Waals surface area contributed by atoms with Crippen molar-refractivity contribution in [3.8, 4) is 5.69 Å². The third-order valence-electron chi connectivity index (χ3n) is 16.7. The summed E-state index contributed by atoms with van der Waals surface area (Å²) in [6.07, 6.45) is 0. The molecule has 0 amide bonds. The number of aromatic nitrogens is 1. The van der Waals surface area contributed by atoms with Gasteiger partial charge in [-0.25, -0.2) is 0 Å². The smallest absolute Gasteiger partial charge is 0.0583 e. The number of benzene rings is 9.